The second kappa shape index (κ2) is 11.5. The average molecular weight is 557 g/mol. The summed E-state index contributed by atoms with van der Waals surface area (Å²) in [6.45, 7) is 7.81. The molecule has 8 heteroatoms. The van der Waals surface area contributed by atoms with Crippen LogP contribution in [-0.2, 0) is 22.5 Å². The molecule has 1 aliphatic heterocycles. The van der Waals surface area contributed by atoms with Crippen LogP contribution in [0.2, 0.25) is 0 Å². The van der Waals surface area contributed by atoms with E-state index in [1.807, 2.05) is 25.1 Å². The minimum atomic E-state index is -0.852. The maximum Gasteiger partial charge on any atom is 0.303 e. The summed E-state index contributed by atoms with van der Waals surface area (Å²) in [6, 6.07) is 15.0. The molecule has 0 bridgehead atoms. The SMILES string of the molecule is CN=C1C(OC)=CC(C(CC(=O)O)c2ccc3c(c2)C(N2Cc4ccccc4OC(C)(C)C2)CC3)C=C(C)C1=NN. The van der Waals surface area contributed by atoms with Gasteiger partial charge in [-0.15, -0.1) is 0 Å². The van der Waals surface area contributed by atoms with Crippen LogP contribution in [0.15, 0.2) is 76.0 Å². The molecule has 0 aromatic heterocycles. The third-order valence-corrected chi connectivity index (χ3v) is 8.45. The van der Waals surface area contributed by atoms with E-state index >= 15 is 0 Å². The molecular weight excluding hydrogens is 516 g/mol. The zero-order valence-electron chi connectivity index (χ0n) is 24.6. The largest absolute Gasteiger partial charge is 0.495 e. The van der Waals surface area contributed by atoms with Crippen molar-refractivity contribution < 1.29 is 19.4 Å². The molecule has 8 nitrogen and oxygen atoms in total. The number of allylic oxidation sites excluding steroid dienone is 4. The first kappa shape index (κ1) is 28.6. The van der Waals surface area contributed by atoms with Gasteiger partial charge in [-0.3, -0.25) is 14.7 Å². The van der Waals surface area contributed by atoms with Crippen LogP contribution in [0.25, 0.3) is 0 Å². The summed E-state index contributed by atoms with van der Waals surface area (Å²) in [7, 11) is 3.25. The number of ether oxygens (including phenoxy) is 2. The molecule has 0 saturated carbocycles. The van der Waals surface area contributed by atoms with Gasteiger partial charge in [-0.1, -0.05) is 42.5 Å². The Morgan fingerprint density at radius 3 is 2.68 bits per heavy atom. The van der Waals surface area contributed by atoms with E-state index in [4.69, 9.17) is 15.3 Å². The Balaban J connectivity index is 1.55. The summed E-state index contributed by atoms with van der Waals surface area (Å²) in [5, 5.41) is 14.0. The molecule has 3 N–H and O–H groups in total. The Bertz CT molecular complexity index is 1450. The molecule has 0 saturated heterocycles. The van der Waals surface area contributed by atoms with Crippen molar-refractivity contribution in [3.63, 3.8) is 0 Å². The molecule has 216 valence electrons. The highest BCUT2D eigenvalue weighted by atomic mass is 16.5. The molecule has 2 aromatic carbocycles. The van der Waals surface area contributed by atoms with Gasteiger partial charge in [0.2, 0.25) is 0 Å². The predicted octanol–water partition coefficient (Wildman–Crippen LogP) is 5.40. The van der Waals surface area contributed by atoms with E-state index in [1.54, 1.807) is 14.2 Å². The lowest BCUT2D eigenvalue weighted by molar-refractivity contribution is -0.137. The number of fused-ring (bicyclic) bond motifs is 2. The molecule has 0 fully saturated rings. The number of nitrogens with zero attached hydrogens (tertiary/aromatic N) is 3. The van der Waals surface area contributed by atoms with Gasteiger partial charge >= 0.3 is 5.97 Å². The average Bonchev–Trinajstić information content (AvgIpc) is 3.23. The number of aliphatic carboxylic acids is 1. The van der Waals surface area contributed by atoms with Crippen LogP contribution in [0.5, 0.6) is 5.75 Å². The molecule has 0 radical (unpaired) electrons. The van der Waals surface area contributed by atoms with Crippen LogP contribution in [0.4, 0.5) is 0 Å². The van der Waals surface area contributed by atoms with Crippen molar-refractivity contribution in [3.05, 3.63) is 88.2 Å². The number of aliphatic imine (C=N–C) groups is 1. The van der Waals surface area contributed by atoms with Crippen molar-refractivity contribution in [3.8, 4) is 5.75 Å². The number of nitrogens with two attached hydrogens (primary N) is 1. The van der Waals surface area contributed by atoms with Gasteiger partial charge in [0, 0.05) is 43.6 Å². The predicted molar refractivity (Wildman–Crippen MR) is 161 cm³/mol. The fraction of sp³-hybridized carbons (Fsp3) is 0.424. The van der Waals surface area contributed by atoms with Gasteiger partial charge in [0.15, 0.2) is 0 Å². The first-order valence-corrected chi connectivity index (χ1v) is 14.2. The topological polar surface area (TPSA) is 110 Å². The summed E-state index contributed by atoms with van der Waals surface area (Å²) < 4.78 is 12.1. The van der Waals surface area contributed by atoms with Gasteiger partial charge in [0.1, 0.15) is 28.5 Å². The van der Waals surface area contributed by atoms with Crippen LogP contribution < -0.4 is 10.6 Å². The first-order chi connectivity index (χ1) is 19.6. The molecule has 1 heterocycles. The number of aryl methyl sites for hydroxylation is 1. The summed E-state index contributed by atoms with van der Waals surface area (Å²) in [5.41, 5.74) is 6.37. The highest BCUT2D eigenvalue weighted by Gasteiger charge is 2.37. The van der Waals surface area contributed by atoms with Gasteiger partial charge in [-0.25, -0.2) is 0 Å². The van der Waals surface area contributed by atoms with Crippen molar-refractivity contribution in [2.75, 3.05) is 20.7 Å². The van der Waals surface area contributed by atoms with Crippen molar-refractivity contribution in [2.24, 2.45) is 21.9 Å². The number of carbonyl (C=O) groups is 1. The van der Waals surface area contributed by atoms with E-state index in [0.29, 0.717) is 17.2 Å². The molecule has 3 aliphatic rings. The second-order valence-corrected chi connectivity index (χ2v) is 11.8. The second-order valence-electron chi connectivity index (χ2n) is 11.8. The Hall–Kier alpha value is -3.91. The number of methoxy groups -OCH3 is 1. The molecular formula is C33H40N4O4. The molecule has 0 spiro atoms. The van der Waals surface area contributed by atoms with E-state index in [-0.39, 0.29) is 29.9 Å². The number of para-hydroxylation sites is 1. The zero-order chi connectivity index (χ0) is 29.3. The van der Waals surface area contributed by atoms with Gasteiger partial charge < -0.3 is 20.4 Å². The van der Waals surface area contributed by atoms with Crippen LogP contribution in [0.3, 0.4) is 0 Å². The summed E-state index contributed by atoms with van der Waals surface area (Å²) >= 11 is 0. The molecule has 3 unspecified atom stereocenters. The number of hydrazone groups is 1. The van der Waals surface area contributed by atoms with Crippen molar-refractivity contribution >= 4 is 17.4 Å². The van der Waals surface area contributed by atoms with Crippen LogP contribution in [-0.4, -0.2) is 53.7 Å². The van der Waals surface area contributed by atoms with E-state index < -0.39 is 5.97 Å². The molecule has 41 heavy (non-hydrogen) atoms. The Morgan fingerprint density at radius 2 is 1.98 bits per heavy atom. The number of benzene rings is 2. The number of hydrogen-bond donors (Lipinski definition) is 2. The lowest BCUT2D eigenvalue weighted by Gasteiger charge is -2.34. The third-order valence-electron chi connectivity index (χ3n) is 8.45. The smallest absolute Gasteiger partial charge is 0.303 e. The Kier molecular flexibility index (Phi) is 8.04. The fourth-order valence-electron chi connectivity index (χ4n) is 6.67. The normalized spacial score (nSPS) is 24.8. The molecule has 0 amide bonds. The van der Waals surface area contributed by atoms with Crippen molar-refractivity contribution in [1.82, 2.24) is 4.90 Å². The maximum atomic E-state index is 12.2. The standard InChI is InChI=1S/C33H40N4O4/c1-20-14-24(16-29(40-5)32(35-4)31(20)36-34)25(17-30(38)39)22-11-10-21-12-13-27(26(21)15-22)37-18-23-8-6-7-9-28(23)41-33(2,3)19-37/h6-11,14-16,24-25,27H,12-13,17-19,34H2,1-5H3,(H,38,39). The fourth-order valence-corrected chi connectivity index (χ4v) is 6.67. The van der Waals surface area contributed by atoms with Gasteiger partial charge in [-0.2, -0.15) is 5.10 Å². The lowest BCUT2D eigenvalue weighted by Crippen LogP contribution is -2.41. The lowest BCUT2D eigenvalue weighted by atomic mass is 9.81. The molecule has 2 aliphatic carbocycles. The number of rotatable bonds is 6. The zero-order valence-corrected chi connectivity index (χ0v) is 24.6. The highest BCUT2D eigenvalue weighted by Crippen LogP contribution is 2.43. The van der Waals surface area contributed by atoms with E-state index in [0.717, 1.165) is 42.8 Å². The number of hydrogen-bond acceptors (Lipinski definition) is 7. The monoisotopic (exact) mass is 556 g/mol. The number of carboxylic acid groups (broad SMARTS) is 1. The van der Waals surface area contributed by atoms with Gasteiger partial charge in [0.25, 0.3) is 0 Å². The van der Waals surface area contributed by atoms with Crippen LogP contribution in [0, 0.1) is 5.92 Å². The first-order valence-electron chi connectivity index (χ1n) is 14.2. The molecule has 5 rings (SSSR count). The van der Waals surface area contributed by atoms with E-state index in [1.165, 1.54) is 16.7 Å². The van der Waals surface area contributed by atoms with Crippen LogP contribution in [0.1, 0.15) is 67.8 Å². The van der Waals surface area contributed by atoms with Crippen molar-refractivity contribution in [2.45, 2.75) is 64.1 Å². The minimum Gasteiger partial charge on any atom is -0.495 e. The van der Waals surface area contributed by atoms with Gasteiger partial charge in [0.05, 0.1) is 13.5 Å². The number of carboxylic acids is 1. The summed E-state index contributed by atoms with van der Waals surface area (Å²) in [6.07, 6.45) is 5.97. The van der Waals surface area contributed by atoms with E-state index in [2.05, 4.69) is 65.2 Å². The molecule has 2 aromatic rings. The molecule has 3 atom stereocenters. The Morgan fingerprint density at radius 1 is 1.20 bits per heavy atom. The maximum absolute atomic E-state index is 12.2. The summed E-state index contributed by atoms with van der Waals surface area (Å²) in [4.78, 5) is 19.1. The van der Waals surface area contributed by atoms with Crippen LogP contribution >= 0.6 is 0 Å². The Labute approximate surface area is 242 Å². The highest BCUT2D eigenvalue weighted by molar-refractivity contribution is 6.53. The van der Waals surface area contributed by atoms with Crippen molar-refractivity contribution in [1.29, 1.82) is 0 Å². The van der Waals surface area contributed by atoms with Gasteiger partial charge in [-0.05, 0) is 68.0 Å². The van der Waals surface area contributed by atoms with E-state index in [9.17, 15) is 9.90 Å². The summed E-state index contributed by atoms with van der Waals surface area (Å²) in [5.74, 6) is 5.79. The quantitative estimate of drug-likeness (QED) is 0.364. The third kappa shape index (κ3) is 5.79. The minimum absolute atomic E-state index is 0.0307.